The summed E-state index contributed by atoms with van der Waals surface area (Å²) in [4.78, 5) is 17.6. The van der Waals surface area contributed by atoms with Crippen molar-refractivity contribution < 1.29 is 9.90 Å². The molecule has 2 N–H and O–H groups in total. The molecule has 3 aliphatic carbocycles. The molecule has 0 bridgehead atoms. The van der Waals surface area contributed by atoms with Crippen molar-refractivity contribution >= 4 is 11.5 Å². The molecule has 4 heteroatoms. The second-order valence-corrected chi connectivity index (χ2v) is 10.5. The Hall–Kier alpha value is -1.81. The highest BCUT2D eigenvalue weighted by molar-refractivity contribution is 5.89. The van der Waals surface area contributed by atoms with Crippen LogP contribution >= 0.6 is 0 Å². The molecule has 4 nitrogen and oxygen atoms in total. The minimum absolute atomic E-state index is 0.0341. The Morgan fingerprint density at radius 3 is 2.76 bits per heavy atom. The van der Waals surface area contributed by atoms with E-state index in [0.717, 1.165) is 37.8 Å². The number of aromatic nitrogens is 1. The normalized spacial score (nSPS) is 45.6. The van der Waals surface area contributed by atoms with Crippen LogP contribution in [0.5, 0.6) is 0 Å². The third-order valence-corrected chi connectivity index (χ3v) is 9.44. The Morgan fingerprint density at radius 1 is 1.24 bits per heavy atom. The van der Waals surface area contributed by atoms with Crippen molar-refractivity contribution in [2.45, 2.75) is 65.0 Å². The lowest BCUT2D eigenvalue weighted by Crippen LogP contribution is -2.59. The first-order chi connectivity index (χ1) is 13.8. The van der Waals surface area contributed by atoms with Crippen molar-refractivity contribution in [2.75, 3.05) is 7.05 Å². The van der Waals surface area contributed by atoms with Crippen LogP contribution < -0.4 is 0 Å². The van der Waals surface area contributed by atoms with Gasteiger partial charge in [-0.3, -0.25) is 4.79 Å². The van der Waals surface area contributed by atoms with Crippen LogP contribution in [0.2, 0.25) is 0 Å². The van der Waals surface area contributed by atoms with Crippen LogP contribution in [0.25, 0.3) is 5.57 Å². The molecule has 3 saturated carbocycles. The van der Waals surface area contributed by atoms with Crippen LogP contribution in [0.1, 0.15) is 58.6 Å². The first-order valence-electron chi connectivity index (χ1n) is 11.2. The van der Waals surface area contributed by atoms with Gasteiger partial charge in [-0.05, 0) is 86.1 Å². The lowest BCUT2D eigenvalue weighted by atomic mass is 9.48. The van der Waals surface area contributed by atoms with E-state index in [1.165, 1.54) is 11.1 Å². The molecule has 1 aromatic heterocycles. The summed E-state index contributed by atoms with van der Waals surface area (Å²) < 4.78 is 0. The second kappa shape index (κ2) is 6.34. The zero-order valence-electron chi connectivity index (χ0n) is 18.1. The fourth-order valence-electron chi connectivity index (χ4n) is 7.65. The van der Waals surface area contributed by atoms with Gasteiger partial charge in [0.05, 0.1) is 6.10 Å². The third-order valence-electron chi connectivity index (χ3n) is 9.44. The second-order valence-electron chi connectivity index (χ2n) is 10.5. The van der Waals surface area contributed by atoms with Crippen molar-refractivity contribution in [3.05, 3.63) is 41.7 Å². The molecule has 0 saturated heterocycles. The summed E-state index contributed by atoms with van der Waals surface area (Å²) >= 11 is 0. The van der Waals surface area contributed by atoms with Crippen LogP contribution in [0, 0.1) is 28.6 Å². The minimum atomic E-state index is -0.353. The zero-order valence-corrected chi connectivity index (χ0v) is 18.1. The van der Waals surface area contributed by atoms with Gasteiger partial charge in [0.2, 0.25) is 5.91 Å². The SMILES string of the molecule is CC(=C1C[C@H]2[C@@H]3CC[C@H]4N(C)C(=O)C=C[C@]4(C)[C@H]3CC[C@]2(C)[C@H]1O)c1ccc[nH]1. The quantitative estimate of drug-likeness (QED) is 0.742. The molecule has 156 valence electrons. The van der Waals surface area contributed by atoms with Gasteiger partial charge in [0.25, 0.3) is 0 Å². The van der Waals surface area contributed by atoms with Crippen LogP contribution in [0.15, 0.2) is 36.1 Å². The van der Waals surface area contributed by atoms with Gasteiger partial charge in [-0.1, -0.05) is 19.9 Å². The molecule has 5 rings (SSSR count). The van der Waals surface area contributed by atoms with E-state index in [9.17, 15) is 9.90 Å². The number of nitrogens with one attached hydrogen (secondary N) is 1. The molecule has 0 unspecified atom stereocenters. The molecule has 1 aliphatic heterocycles. The fraction of sp³-hybridized carbons (Fsp3) is 0.640. The van der Waals surface area contributed by atoms with Gasteiger partial charge in [0.15, 0.2) is 0 Å². The number of amides is 1. The van der Waals surface area contributed by atoms with Gasteiger partial charge in [-0.15, -0.1) is 0 Å². The number of allylic oxidation sites excluding steroid dienone is 1. The molecule has 1 aromatic rings. The van der Waals surface area contributed by atoms with E-state index in [1.807, 2.05) is 24.2 Å². The number of hydrogen-bond donors (Lipinski definition) is 2. The first-order valence-corrected chi connectivity index (χ1v) is 11.2. The van der Waals surface area contributed by atoms with E-state index in [2.05, 4.69) is 37.9 Å². The average molecular weight is 395 g/mol. The van der Waals surface area contributed by atoms with Crippen molar-refractivity contribution in [1.29, 1.82) is 0 Å². The molecule has 1 amide bonds. The number of hydrogen-bond acceptors (Lipinski definition) is 2. The predicted molar refractivity (Wildman–Crippen MR) is 115 cm³/mol. The first kappa shape index (κ1) is 19.2. The molecule has 2 heterocycles. The molecule has 0 radical (unpaired) electrons. The molecular weight excluding hydrogens is 360 g/mol. The number of rotatable bonds is 1. The summed E-state index contributed by atoms with van der Waals surface area (Å²) in [5, 5.41) is 11.4. The topological polar surface area (TPSA) is 56.3 Å². The Labute approximate surface area is 174 Å². The van der Waals surface area contributed by atoms with Gasteiger partial charge < -0.3 is 15.0 Å². The third kappa shape index (κ3) is 2.51. The van der Waals surface area contributed by atoms with E-state index >= 15 is 0 Å². The Kier molecular flexibility index (Phi) is 4.19. The fourth-order valence-corrected chi connectivity index (χ4v) is 7.65. The van der Waals surface area contributed by atoms with Crippen molar-refractivity contribution in [2.24, 2.45) is 28.6 Å². The maximum Gasteiger partial charge on any atom is 0.246 e. The number of aliphatic hydroxyl groups excluding tert-OH is 1. The number of carbonyl (C=O) groups is 1. The predicted octanol–water partition coefficient (Wildman–Crippen LogP) is 4.40. The maximum absolute atomic E-state index is 12.3. The highest BCUT2D eigenvalue weighted by atomic mass is 16.3. The Morgan fingerprint density at radius 2 is 2.03 bits per heavy atom. The van der Waals surface area contributed by atoms with Gasteiger partial charge in [-0.2, -0.15) is 0 Å². The standard InChI is InChI=1S/C25H34N2O2/c1-15(20-6-5-13-26-20)17-14-19-16-7-8-21-24(2,12-10-22(28)27(21)4)18(16)9-11-25(19,3)23(17)29/h5-6,10,12-13,16,18-19,21,23,26,29H,7-9,11,14H2,1-4H3/t16-,18+,19+,21-,23+,24-,25+/m1/s1. The van der Waals surface area contributed by atoms with E-state index in [0.29, 0.717) is 23.8 Å². The van der Waals surface area contributed by atoms with Crippen molar-refractivity contribution in [1.82, 2.24) is 9.88 Å². The van der Waals surface area contributed by atoms with Crippen LogP contribution in [-0.4, -0.2) is 40.1 Å². The van der Waals surface area contributed by atoms with Gasteiger partial charge in [-0.25, -0.2) is 0 Å². The monoisotopic (exact) mass is 394 g/mol. The number of carbonyl (C=O) groups excluding carboxylic acids is 1. The molecule has 29 heavy (non-hydrogen) atoms. The van der Waals surface area contributed by atoms with Gasteiger partial charge in [0.1, 0.15) is 0 Å². The van der Waals surface area contributed by atoms with Crippen LogP contribution in [0.3, 0.4) is 0 Å². The van der Waals surface area contributed by atoms with E-state index in [4.69, 9.17) is 0 Å². The molecule has 0 aromatic carbocycles. The molecule has 0 spiro atoms. The summed E-state index contributed by atoms with van der Waals surface area (Å²) in [7, 11) is 1.97. The maximum atomic E-state index is 12.3. The Balaban J connectivity index is 1.51. The number of aliphatic hydroxyl groups is 1. The van der Waals surface area contributed by atoms with E-state index < -0.39 is 0 Å². The zero-order chi connectivity index (χ0) is 20.6. The number of nitrogens with zero attached hydrogens (tertiary/aromatic N) is 1. The summed E-state index contributed by atoms with van der Waals surface area (Å²) in [6, 6.07) is 4.45. The van der Waals surface area contributed by atoms with E-state index in [1.54, 1.807) is 6.08 Å². The summed E-state index contributed by atoms with van der Waals surface area (Å²) in [6.07, 6.45) is 11.1. The number of aromatic amines is 1. The molecule has 7 atom stereocenters. The number of fused-ring (bicyclic) bond motifs is 5. The summed E-state index contributed by atoms with van der Waals surface area (Å²) in [5.74, 6) is 1.87. The molecular formula is C25H34N2O2. The minimum Gasteiger partial charge on any atom is -0.388 e. The summed E-state index contributed by atoms with van der Waals surface area (Å²) in [6.45, 7) is 6.86. The smallest absolute Gasteiger partial charge is 0.246 e. The van der Waals surface area contributed by atoms with Crippen molar-refractivity contribution in [3.63, 3.8) is 0 Å². The highest BCUT2D eigenvalue weighted by Gasteiger charge is 2.61. The summed E-state index contributed by atoms with van der Waals surface area (Å²) in [5.41, 5.74) is 3.60. The largest absolute Gasteiger partial charge is 0.388 e. The molecule has 3 fully saturated rings. The van der Waals surface area contributed by atoms with Crippen molar-refractivity contribution in [3.8, 4) is 0 Å². The number of likely N-dealkylation sites (N-methyl/N-ethyl adjacent to an activating group) is 1. The molecule has 4 aliphatic rings. The lowest BCUT2D eigenvalue weighted by Gasteiger charge is -2.59. The lowest BCUT2D eigenvalue weighted by molar-refractivity contribution is -0.140. The highest BCUT2D eigenvalue weighted by Crippen LogP contribution is 2.65. The number of H-pyrrole nitrogens is 1. The van der Waals surface area contributed by atoms with Gasteiger partial charge >= 0.3 is 0 Å². The Bertz CT molecular complexity index is 885. The van der Waals surface area contributed by atoms with Crippen LogP contribution in [-0.2, 0) is 4.79 Å². The van der Waals surface area contributed by atoms with Gasteiger partial charge in [0, 0.05) is 35.8 Å². The van der Waals surface area contributed by atoms with Crippen LogP contribution in [0.4, 0.5) is 0 Å². The average Bonchev–Trinajstić information content (AvgIpc) is 3.32. The van der Waals surface area contributed by atoms with E-state index in [-0.39, 0.29) is 22.8 Å².